The maximum atomic E-state index is 9.38. The van der Waals surface area contributed by atoms with Crippen LogP contribution in [0.2, 0.25) is 0 Å². The summed E-state index contributed by atoms with van der Waals surface area (Å²) in [6, 6.07) is 2.21. The van der Waals surface area contributed by atoms with Crippen LogP contribution in [-0.4, -0.2) is 37.4 Å². The normalized spacial score (nSPS) is 20.7. The van der Waals surface area contributed by atoms with E-state index in [1.807, 2.05) is 0 Å². The molecule has 0 amide bonds. The standard InChI is InChI=1S/C18H22N4O2S/c1-10(2)13-7-11-12(9-24-13)17(22-3-5-23-6-4-22)21-18-15(11)16(20)14(8-19)25-18/h10,13H,3-7,9,20H2,1-2H3. The van der Waals surface area contributed by atoms with Gasteiger partial charge in [-0.3, -0.25) is 0 Å². The minimum atomic E-state index is 0.167. The van der Waals surface area contributed by atoms with Crippen molar-refractivity contribution >= 4 is 33.1 Å². The lowest BCUT2D eigenvalue weighted by molar-refractivity contribution is 0.000125. The molecule has 1 fully saturated rings. The van der Waals surface area contributed by atoms with Crippen molar-refractivity contribution in [2.24, 2.45) is 5.92 Å². The summed E-state index contributed by atoms with van der Waals surface area (Å²) in [5, 5.41) is 10.3. The molecule has 4 heterocycles. The Morgan fingerprint density at radius 2 is 2.08 bits per heavy atom. The Morgan fingerprint density at radius 3 is 2.76 bits per heavy atom. The quantitative estimate of drug-likeness (QED) is 0.888. The fourth-order valence-corrected chi connectivity index (χ4v) is 4.54. The van der Waals surface area contributed by atoms with E-state index in [1.165, 1.54) is 16.9 Å². The maximum absolute atomic E-state index is 9.38. The Labute approximate surface area is 151 Å². The lowest BCUT2D eigenvalue weighted by Gasteiger charge is -2.34. The molecule has 2 aromatic rings. The molecule has 0 spiro atoms. The summed E-state index contributed by atoms with van der Waals surface area (Å²) in [7, 11) is 0. The first-order valence-electron chi connectivity index (χ1n) is 8.68. The van der Waals surface area contributed by atoms with Gasteiger partial charge in [0.2, 0.25) is 0 Å². The average Bonchev–Trinajstić information content (AvgIpc) is 2.97. The fraction of sp³-hybridized carbons (Fsp3) is 0.556. The van der Waals surface area contributed by atoms with E-state index in [9.17, 15) is 5.26 Å². The molecule has 1 atom stereocenters. The molecule has 1 saturated heterocycles. The number of hydrogen-bond acceptors (Lipinski definition) is 7. The lowest BCUT2D eigenvalue weighted by Crippen LogP contribution is -2.38. The lowest BCUT2D eigenvalue weighted by atomic mass is 9.91. The molecule has 2 aliphatic heterocycles. The number of aromatic nitrogens is 1. The fourth-order valence-electron chi connectivity index (χ4n) is 3.63. The summed E-state index contributed by atoms with van der Waals surface area (Å²) in [6.45, 7) is 7.96. The molecule has 0 radical (unpaired) electrons. The Hall–Kier alpha value is -1.88. The minimum absolute atomic E-state index is 0.167. The summed E-state index contributed by atoms with van der Waals surface area (Å²) in [6.07, 6.45) is 0.982. The number of pyridine rings is 1. The van der Waals surface area contributed by atoms with Crippen molar-refractivity contribution in [3.8, 4) is 6.07 Å². The van der Waals surface area contributed by atoms with E-state index >= 15 is 0 Å². The van der Waals surface area contributed by atoms with Gasteiger partial charge < -0.3 is 20.1 Å². The number of morpholine rings is 1. The third-order valence-corrected chi connectivity index (χ3v) is 6.08. The van der Waals surface area contributed by atoms with Gasteiger partial charge in [0.25, 0.3) is 0 Å². The van der Waals surface area contributed by atoms with Gasteiger partial charge in [-0.05, 0) is 11.5 Å². The number of rotatable bonds is 2. The monoisotopic (exact) mass is 358 g/mol. The van der Waals surface area contributed by atoms with E-state index in [4.69, 9.17) is 20.2 Å². The molecule has 0 aromatic carbocycles. The summed E-state index contributed by atoms with van der Waals surface area (Å²) >= 11 is 1.39. The average molecular weight is 358 g/mol. The Balaban J connectivity index is 1.91. The van der Waals surface area contributed by atoms with Gasteiger partial charge in [-0.1, -0.05) is 13.8 Å². The highest BCUT2D eigenvalue weighted by Crippen LogP contribution is 2.42. The summed E-state index contributed by atoms with van der Waals surface area (Å²) in [5.74, 6) is 1.40. The van der Waals surface area contributed by atoms with Crippen molar-refractivity contribution in [1.29, 1.82) is 5.26 Å². The molecule has 132 valence electrons. The Bertz CT molecular complexity index is 849. The molecule has 0 saturated carbocycles. The molecule has 6 nitrogen and oxygen atoms in total. The molecule has 2 aliphatic rings. The van der Waals surface area contributed by atoms with Crippen LogP contribution in [0, 0.1) is 17.2 Å². The van der Waals surface area contributed by atoms with Crippen LogP contribution in [0.15, 0.2) is 0 Å². The third-order valence-electron chi connectivity index (χ3n) is 5.07. The van der Waals surface area contributed by atoms with Gasteiger partial charge >= 0.3 is 0 Å². The van der Waals surface area contributed by atoms with Crippen LogP contribution in [0.5, 0.6) is 0 Å². The predicted octanol–water partition coefficient (Wildman–Crippen LogP) is 2.68. The molecule has 2 N–H and O–H groups in total. The highest BCUT2D eigenvalue weighted by atomic mass is 32.1. The van der Waals surface area contributed by atoms with E-state index in [1.54, 1.807) is 0 Å². The molecule has 2 aromatic heterocycles. The maximum Gasteiger partial charge on any atom is 0.136 e. The zero-order valence-electron chi connectivity index (χ0n) is 14.5. The Kier molecular flexibility index (Phi) is 4.28. The topological polar surface area (TPSA) is 84.4 Å². The molecule has 25 heavy (non-hydrogen) atoms. The summed E-state index contributed by atoms with van der Waals surface area (Å²) < 4.78 is 11.6. The van der Waals surface area contributed by atoms with E-state index in [0.29, 0.717) is 36.3 Å². The number of nitrogen functional groups attached to an aromatic ring is 1. The third kappa shape index (κ3) is 2.74. The number of ether oxygens (including phenoxy) is 2. The van der Waals surface area contributed by atoms with E-state index in [2.05, 4.69) is 24.8 Å². The van der Waals surface area contributed by atoms with Crippen molar-refractivity contribution in [1.82, 2.24) is 4.98 Å². The number of nitriles is 1. The number of fused-ring (bicyclic) bond motifs is 3. The first-order chi connectivity index (χ1) is 12.1. The molecular formula is C18H22N4O2S. The van der Waals surface area contributed by atoms with Crippen molar-refractivity contribution < 1.29 is 9.47 Å². The number of hydrogen-bond donors (Lipinski definition) is 1. The van der Waals surface area contributed by atoms with Gasteiger partial charge in [-0.25, -0.2) is 4.98 Å². The molecule has 4 rings (SSSR count). The number of thiophene rings is 1. The summed E-state index contributed by atoms with van der Waals surface area (Å²) in [4.78, 5) is 8.57. The van der Waals surface area contributed by atoms with E-state index in [0.717, 1.165) is 41.1 Å². The van der Waals surface area contributed by atoms with Crippen molar-refractivity contribution in [3.63, 3.8) is 0 Å². The van der Waals surface area contributed by atoms with Crippen LogP contribution in [0.4, 0.5) is 11.5 Å². The van der Waals surface area contributed by atoms with Gasteiger partial charge in [0, 0.05) is 30.5 Å². The number of nitrogens with two attached hydrogens (primary N) is 1. The molecule has 1 unspecified atom stereocenters. The van der Waals surface area contributed by atoms with Crippen LogP contribution in [0.1, 0.15) is 29.9 Å². The van der Waals surface area contributed by atoms with Crippen LogP contribution in [0.25, 0.3) is 10.2 Å². The molecule has 7 heteroatoms. The van der Waals surface area contributed by atoms with Crippen molar-refractivity contribution in [3.05, 3.63) is 16.0 Å². The van der Waals surface area contributed by atoms with Gasteiger partial charge in [0.1, 0.15) is 21.6 Å². The van der Waals surface area contributed by atoms with Crippen LogP contribution < -0.4 is 10.6 Å². The van der Waals surface area contributed by atoms with Crippen LogP contribution in [0.3, 0.4) is 0 Å². The van der Waals surface area contributed by atoms with Gasteiger partial charge in [0.05, 0.1) is 31.6 Å². The van der Waals surface area contributed by atoms with Gasteiger partial charge in [-0.2, -0.15) is 5.26 Å². The predicted molar refractivity (Wildman–Crippen MR) is 98.9 cm³/mol. The van der Waals surface area contributed by atoms with Crippen molar-refractivity contribution in [2.75, 3.05) is 36.9 Å². The largest absolute Gasteiger partial charge is 0.396 e. The summed E-state index contributed by atoms with van der Waals surface area (Å²) in [5.41, 5.74) is 9.21. The smallest absolute Gasteiger partial charge is 0.136 e. The number of nitrogens with zero attached hydrogens (tertiary/aromatic N) is 3. The molecule has 0 bridgehead atoms. The van der Waals surface area contributed by atoms with Gasteiger partial charge in [-0.15, -0.1) is 11.3 Å². The SMILES string of the molecule is CC(C)C1Cc2c(c(N3CCOCC3)nc3sc(C#N)c(N)c23)CO1. The molecule has 0 aliphatic carbocycles. The van der Waals surface area contributed by atoms with E-state index < -0.39 is 0 Å². The first-order valence-corrected chi connectivity index (χ1v) is 9.50. The second-order valence-electron chi connectivity index (χ2n) is 6.93. The highest BCUT2D eigenvalue weighted by molar-refractivity contribution is 7.19. The second kappa shape index (κ2) is 6.45. The minimum Gasteiger partial charge on any atom is -0.396 e. The molecular weight excluding hydrogens is 336 g/mol. The zero-order valence-corrected chi connectivity index (χ0v) is 15.4. The van der Waals surface area contributed by atoms with Crippen LogP contribution in [-0.2, 0) is 22.5 Å². The van der Waals surface area contributed by atoms with Gasteiger partial charge in [0.15, 0.2) is 0 Å². The Morgan fingerprint density at radius 1 is 1.32 bits per heavy atom. The second-order valence-corrected chi connectivity index (χ2v) is 7.93. The van der Waals surface area contributed by atoms with Crippen LogP contribution >= 0.6 is 11.3 Å². The zero-order chi connectivity index (χ0) is 17.6. The highest BCUT2D eigenvalue weighted by Gasteiger charge is 2.31. The van der Waals surface area contributed by atoms with E-state index in [-0.39, 0.29) is 6.10 Å². The first kappa shape index (κ1) is 16.6. The van der Waals surface area contributed by atoms with Crippen molar-refractivity contribution in [2.45, 2.75) is 33.0 Å². The number of anilines is 2.